The van der Waals surface area contributed by atoms with Crippen LogP contribution in [0.15, 0.2) is 27.0 Å². The van der Waals surface area contributed by atoms with Crippen LogP contribution >= 0.6 is 38.9 Å². The van der Waals surface area contributed by atoms with E-state index in [-0.39, 0.29) is 12.1 Å². The van der Waals surface area contributed by atoms with E-state index < -0.39 is 5.60 Å². The fourth-order valence-corrected chi connectivity index (χ4v) is 4.76. The fraction of sp³-hybridized carbons (Fsp3) is 0.353. The molecule has 0 aliphatic heterocycles. The fourth-order valence-electron chi connectivity index (χ4n) is 2.72. The Hall–Kier alpha value is -1.68. The summed E-state index contributed by atoms with van der Waals surface area (Å²) < 4.78 is 2.49. The van der Waals surface area contributed by atoms with E-state index in [2.05, 4.69) is 25.9 Å². The number of hydrogen-bond acceptors (Lipinski definition) is 5. The van der Waals surface area contributed by atoms with Crippen molar-refractivity contribution in [2.24, 2.45) is 0 Å². The number of aromatic nitrogens is 3. The molecule has 0 unspecified atom stereocenters. The van der Waals surface area contributed by atoms with Crippen molar-refractivity contribution in [2.75, 3.05) is 6.54 Å². The molecule has 0 fully saturated rings. The minimum Gasteiger partial charge on any atom is -0.331 e. The van der Waals surface area contributed by atoms with Crippen LogP contribution in [0.5, 0.6) is 0 Å². The molecule has 1 N–H and O–H groups in total. The summed E-state index contributed by atoms with van der Waals surface area (Å²) in [5.41, 5.74) is 0.905. The minimum absolute atomic E-state index is 0.251. The molecule has 0 aliphatic carbocycles. The van der Waals surface area contributed by atoms with Gasteiger partial charge in [-0.15, -0.1) is 11.3 Å². The highest BCUT2D eigenvalue weighted by Gasteiger charge is 2.24. The lowest BCUT2D eigenvalue weighted by Gasteiger charge is -2.27. The Morgan fingerprint density at radius 2 is 2.22 bits per heavy atom. The molecule has 0 atom stereocenters. The Morgan fingerprint density at radius 3 is 2.81 bits per heavy atom. The number of rotatable bonds is 6. The molecule has 3 rings (SSSR count). The van der Waals surface area contributed by atoms with Gasteiger partial charge in [-0.3, -0.25) is 14.4 Å². The average molecular weight is 474 g/mol. The Bertz CT molecular complexity index is 1040. The molecule has 27 heavy (non-hydrogen) atoms. The predicted molar refractivity (Wildman–Crippen MR) is 110 cm³/mol. The van der Waals surface area contributed by atoms with Crippen LogP contribution in [0, 0.1) is 0 Å². The maximum atomic E-state index is 12.5. The topological polar surface area (TPSA) is 80.2 Å². The molecule has 0 saturated carbocycles. The van der Waals surface area contributed by atoms with Crippen LogP contribution in [0.25, 0.3) is 21.6 Å². The van der Waals surface area contributed by atoms with Gasteiger partial charge in [0.25, 0.3) is 5.56 Å². The van der Waals surface area contributed by atoms with Gasteiger partial charge in [0.15, 0.2) is 0 Å². The third-order valence-corrected chi connectivity index (χ3v) is 5.77. The second-order valence-corrected chi connectivity index (χ2v) is 8.91. The zero-order valence-electron chi connectivity index (χ0n) is 15.0. The molecule has 0 saturated heterocycles. The Labute approximate surface area is 173 Å². The lowest BCUT2D eigenvalue weighted by molar-refractivity contribution is -0.216. The van der Waals surface area contributed by atoms with Gasteiger partial charge in [0.05, 0.1) is 38.5 Å². The molecule has 3 aromatic heterocycles. The maximum Gasteiger partial charge on any atom is 0.275 e. The van der Waals surface area contributed by atoms with E-state index in [1.807, 2.05) is 30.7 Å². The van der Waals surface area contributed by atoms with Crippen LogP contribution in [0.1, 0.15) is 20.8 Å². The van der Waals surface area contributed by atoms with Gasteiger partial charge in [-0.05, 0) is 48.1 Å². The summed E-state index contributed by atoms with van der Waals surface area (Å²) in [5.74, 6) is 0. The van der Waals surface area contributed by atoms with Crippen molar-refractivity contribution in [3.05, 3.63) is 37.6 Å². The van der Waals surface area contributed by atoms with Crippen LogP contribution < -0.4 is 5.56 Å². The van der Waals surface area contributed by atoms with E-state index in [0.717, 1.165) is 10.6 Å². The van der Waals surface area contributed by atoms with Gasteiger partial charge in [-0.25, -0.2) is 10.0 Å². The zero-order chi connectivity index (χ0) is 19.8. The first-order valence-electron chi connectivity index (χ1n) is 8.12. The molecule has 0 bridgehead atoms. The highest BCUT2D eigenvalue weighted by molar-refractivity contribution is 9.10. The normalized spacial score (nSPS) is 11.9. The second-order valence-electron chi connectivity index (χ2n) is 6.79. The summed E-state index contributed by atoms with van der Waals surface area (Å²) in [5, 5.41) is 3.69. The first kappa shape index (κ1) is 20.1. The van der Waals surface area contributed by atoms with Crippen LogP contribution in [-0.2, 0) is 16.2 Å². The van der Waals surface area contributed by atoms with E-state index in [4.69, 9.17) is 16.4 Å². The van der Waals surface area contributed by atoms with E-state index in [1.165, 1.54) is 22.7 Å². The number of H-pyrrole nitrogens is 1. The van der Waals surface area contributed by atoms with Crippen molar-refractivity contribution in [3.8, 4) is 10.6 Å². The number of aromatic amines is 1. The number of fused-ring (bicyclic) bond motifs is 1. The predicted octanol–water partition coefficient (Wildman–Crippen LogP) is 4.06. The van der Waals surface area contributed by atoms with Crippen molar-refractivity contribution in [1.82, 2.24) is 19.6 Å². The van der Waals surface area contributed by atoms with Gasteiger partial charge in [0, 0.05) is 6.54 Å². The molecule has 0 spiro atoms. The number of nitrogens with zero attached hydrogens (tertiary/aromatic N) is 3. The third kappa shape index (κ3) is 4.11. The zero-order valence-corrected chi connectivity index (χ0v) is 18.1. The Morgan fingerprint density at radius 1 is 1.48 bits per heavy atom. The number of hydrogen-bond donors (Lipinski definition) is 1. The molecule has 3 aromatic rings. The van der Waals surface area contributed by atoms with E-state index >= 15 is 0 Å². The van der Waals surface area contributed by atoms with Crippen molar-refractivity contribution in [2.45, 2.75) is 32.9 Å². The molecule has 144 valence electrons. The molecule has 3 heterocycles. The molecule has 7 nitrogen and oxygen atoms in total. The largest absolute Gasteiger partial charge is 0.331 e. The molecule has 10 heteroatoms. The summed E-state index contributed by atoms with van der Waals surface area (Å²) in [6, 6.07) is 1.80. The van der Waals surface area contributed by atoms with Crippen LogP contribution in [0.2, 0.25) is 5.02 Å². The number of nitrogens with one attached hydrogen (secondary N) is 1. The molecule has 0 aromatic carbocycles. The van der Waals surface area contributed by atoms with Gasteiger partial charge in [-0.1, -0.05) is 11.6 Å². The molecule has 0 aliphatic rings. The number of carbonyl (C=O) groups is 1. The molecule has 0 radical (unpaired) electrons. The van der Waals surface area contributed by atoms with Crippen molar-refractivity contribution < 1.29 is 9.63 Å². The van der Waals surface area contributed by atoms with Crippen LogP contribution in [0.4, 0.5) is 0 Å². The van der Waals surface area contributed by atoms with E-state index in [1.54, 1.807) is 6.07 Å². The van der Waals surface area contributed by atoms with E-state index in [0.29, 0.717) is 33.5 Å². The maximum absolute atomic E-state index is 12.5. The van der Waals surface area contributed by atoms with Crippen molar-refractivity contribution >= 4 is 56.3 Å². The monoisotopic (exact) mass is 472 g/mol. The van der Waals surface area contributed by atoms with E-state index in [9.17, 15) is 9.59 Å². The second kappa shape index (κ2) is 7.75. The smallest absolute Gasteiger partial charge is 0.275 e. The first-order chi connectivity index (χ1) is 12.7. The summed E-state index contributed by atoms with van der Waals surface area (Å²) in [4.78, 5) is 37.2. The van der Waals surface area contributed by atoms with Gasteiger partial charge < -0.3 is 9.55 Å². The molecular formula is C17H18BrClN4O3S. The summed E-state index contributed by atoms with van der Waals surface area (Å²) in [7, 11) is 0. The first-order valence-corrected chi connectivity index (χ1v) is 10.2. The van der Waals surface area contributed by atoms with Gasteiger partial charge in [0.2, 0.25) is 6.41 Å². The number of halogens is 2. The number of hydroxylamine groups is 2. The minimum atomic E-state index is -0.515. The summed E-state index contributed by atoms with van der Waals surface area (Å²) in [6.07, 6.45) is 1.99. The number of thiophene rings is 1. The highest BCUT2D eigenvalue weighted by atomic mass is 79.9. The molecular weight excluding hydrogens is 456 g/mol. The average Bonchev–Trinajstić information content (AvgIpc) is 3.12. The quantitative estimate of drug-likeness (QED) is 0.432. The van der Waals surface area contributed by atoms with Crippen LogP contribution in [0.3, 0.4) is 0 Å². The SMILES string of the molecule is CC(C)(C)ON(C=O)CCn1c(-c2sccc2Cl)c(Br)c2nc[nH]c(=O)c21. The van der Waals surface area contributed by atoms with Gasteiger partial charge >= 0.3 is 0 Å². The van der Waals surface area contributed by atoms with Crippen molar-refractivity contribution in [1.29, 1.82) is 0 Å². The van der Waals surface area contributed by atoms with Crippen molar-refractivity contribution in [3.63, 3.8) is 0 Å². The third-order valence-electron chi connectivity index (χ3n) is 3.67. The number of amides is 1. The number of carbonyl (C=O) groups excluding carboxylic acids is 1. The summed E-state index contributed by atoms with van der Waals surface area (Å²) >= 11 is 11.4. The standard InChI is InChI=1S/C17H18BrClN4O3S/c1-17(2,3)26-22(9-24)5-6-23-13(15-10(19)4-7-27-15)11(18)12-14(23)16(25)21-8-20-12/h4,7-9H,5-6H2,1-3H3,(H,20,21,25). The van der Waals surface area contributed by atoms with Gasteiger partial charge in [-0.2, -0.15) is 0 Å². The lowest BCUT2D eigenvalue weighted by Crippen LogP contribution is -2.35. The lowest BCUT2D eigenvalue weighted by atomic mass is 10.2. The Balaban J connectivity index is 2.09. The van der Waals surface area contributed by atoms with Crippen LogP contribution in [-0.4, -0.2) is 38.2 Å². The van der Waals surface area contributed by atoms with Gasteiger partial charge in [0.1, 0.15) is 11.0 Å². The Kier molecular flexibility index (Phi) is 5.76. The highest BCUT2D eigenvalue weighted by Crippen LogP contribution is 2.41. The molecule has 1 amide bonds. The summed E-state index contributed by atoms with van der Waals surface area (Å²) in [6.45, 7) is 6.15.